The summed E-state index contributed by atoms with van der Waals surface area (Å²) in [6.45, 7) is 4.70. The molecule has 1 amide bonds. The highest BCUT2D eigenvalue weighted by molar-refractivity contribution is 6.30. The van der Waals surface area contributed by atoms with Gasteiger partial charge in [0, 0.05) is 24.7 Å². The minimum absolute atomic E-state index is 0.226. The van der Waals surface area contributed by atoms with Gasteiger partial charge in [0.05, 0.1) is 0 Å². The first-order chi connectivity index (χ1) is 11.6. The van der Waals surface area contributed by atoms with E-state index in [4.69, 9.17) is 11.6 Å². The predicted molar refractivity (Wildman–Crippen MR) is 95.3 cm³/mol. The molecule has 1 aromatic heterocycles. The molecule has 5 nitrogen and oxygen atoms in total. The third kappa shape index (κ3) is 4.23. The van der Waals surface area contributed by atoms with Gasteiger partial charge < -0.3 is 10.2 Å². The summed E-state index contributed by atoms with van der Waals surface area (Å²) in [6, 6.07) is 11.0. The fourth-order valence-corrected chi connectivity index (χ4v) is 2.85. The van der Waals surface area contributed by atoms with Crippen LogP contribution in [-0.2, 0) is 6.54 Å². The van der Waals surface area contributed by atoms with Crippen molar-refractivity contribution in [1.82, 2.24) is 15.5 Å². The Hall–Kier alpha value is -2.14. The van der Waals surface area contributed by atoms with Crippen LogP contribution in [-0.4, -0.2) is 29.2 Å². The second-order valence-corrected chi connectivity index (χ2v) is 6.69. The van der Waals surface area contributed by atoms with Gasteiger partial charge in [0.2, 0.25) is 0 Å². The summed E-state index contributed by atoms with van der Waals surface area (Å²) in [7, 11) is 0. The molecule has 1 fully saturated rings. The van der Waals surface area contributed by atoms with Gasteiger partial charge in [-0.3, -0.25) is 4.79 Å². The van der Waals surface area contributed by atoms with Gasteiger partial charge in [0.25, 0.3) is 5.91 Å². The van der Waals surface area contributed by atoms with Crippen LogP contribution in [0.2, 0.25) is 5.02 Å². The van der Waals surface area contributed by atoms with E-state index in [1.807, 2.05) is 18.2 Å². The summed E-state index contributed by atoms with van der Waals surface area (Å²) in [5, 5.41) is 11.8. The van der Waals surface area contributed by atoms with Gasteiger partial charge >= 0.3 is 0 Å². The van der Waals surface area contributed by atoms with E-state index in [0.29, 0.717) is 17.3 Å². The number of amides is 1. The van der Waals surface area contributed by atoms with Gasteiger partial charge in [-0.15, -0.1) is 10.2 Å². The minimum atomic E-state index is -0.226. The molecule has 1 saturated heterocycles. The van der Waals surface area contributed by atoms with Crippen molar-refractivity contribution in [3.63, 3.8) is 0 Å². The van der Waals surface area contributed by atoms with E-state index in [2.05, 4.69) is 27.3 Å². The van der Waals surface area contributed by atoms with Crippen molar-refractivity contribution in [3.8, 4) is 0 Å². The molecule has 1 aromatic carbocycles. The molecule has 0 bridgehead atoms. The van der Waals surface area contributed by atoms with E-state index >= 15 is 0 Å². The number of nitrogens with zero attached hydrogens (tertiary/aromatic N) is 3. The quantitative estimate of drug-likeness (QED) is 0.924. The van der Waals surface area contributed by atoms with Crippen LogP contribution < -0.4 is 10.2 Å². The summed E-state index contributed by atoms with van der Waals surface area (Å²) in [5.41, 5.74) is 1.32. The monoisotopic (exact) mass is 344 g/mol. The number of aromatic nitrogens is 2. The number of anilines is 1. The molecule has 3 rings (SSSR count). The van der Waals surface area contributed by atoms with E-state index in [-0.39, 0.29) is 5.91 Å². The number of hydrogen-bond acceptors (Lipinski definition) is 4. The Morgan fingerprint density at radius 1 is 1.17 bits per heavy atom. The molecule has 1 N–H and O–H groups in total. The van der Waals surface area contributed by atoms with Gasteiger partial charge in [-0.2, -0.15) is 0 Å². The number of hydrogen-bond donors (Lipinski definition) is 1. The topological polar surface area (TPSA) is 58.1 Å². The highest BCUT2D eigenvalue weighted by Crippen LogP contribution is 2.20. The molecule has 6 heteroatoms. The van der Waals surface area contributed by atoms with Crippen molar-refractivity contribution in [3.05, 3.63) is 52.7 Å². The normalized spacial score (nSPS) is 15.3. The van der Waals surface area contributed by atoms with Crippen molar-refractivity contribution in [2.24, 2.45) is 5.92 Å². The lowest BCUT2D eigenvalue weighted by molar-refractivity contribution is 0.0945. The Morgan fingerprint density at radius 2 is 1.88 bits per heavy atom. The molecule has 0 radical (unpaired) electrons. The molecule has 2 heterocycles. The average molecular weight is 345 g/mol. The van der Waals surface area contributed by atoms with Crippen LogP contribution in [0.5, 0.6) is 0 Å². The van der Waals surface area contributed by atoms with E-state index in [1.54, 1.807) is 18.2 Å². The number of carbonyl (C=O) groups is 1. The molecule has 0 aliphatic carbocycles. The van der Waals surface area contributed by atoms with Crippen molar-refractivity contribution in [2.45, 2.75) is 26.3 Å². The fourth-order valence-electron chi connectivity index (χ4n) is 2.73. The largest absolute Gasteiger partial charge is 0.355 e. The lowest BCUT2D eigenvalue weighted by atomic mass is 9.99. The fraction of sp³-hybridized carbons (Fsp3) is 0.389. The van der Waals surface area contributed by atoms with Crippen LogP contribution in [0.4, 0.5) is 5.82 Å². The number of nitrogens with one attached hydrogen (secondary N) is 1. The third-order valence-corrected chi connectivity index (χ3v) is 4.61. The van der Waals surface area contributed by atoms with Crippen molar-refractivity contribution in [1.29, 1.82) is 0 Å². The summed E-state index contributed by atoms with van der Waals surface area (Å²) in [4.78, 5) is 14.4. The highest BCUT2D eigenvalue weighted by Gasteiger charge is 2.17. The van der Waals surface area contributed by atoms with Crippen LogP contribution in [0, 0.1) is 5.92 Å². The maximum Gasteiger partial charge on any atom is 0.272 e. The Kier molecular flexibility index (Phi) is 5.30. The molecule has 1 aliphatic heterocycles. The Labute approximate surface area is 147 Å². The first-order valence-corrected chi connectivity index (χ1v) is 8.61. The number of piperidine rings is 1. The second kappa shape index (κ2) is 7.62. The highest BCUT2D eigenvalue weighted by atomic mass is 35.5. The zero-order chi connectivity index (χ0) is 16.9. The van der Waals surface area contributed by atoms with Gasteiger partial charge in [0.15, 0.2) is 11.5 Å². The molecule has 2 aromatic rings. The Balaban J connectivity index is 1.56. The van der Waals surface area contributed by atoms with Crippen molar-refractivity contribution >= 4 is 23.3 Å². The van der Waals surface area contributed by atoms with E-state index in [1.165, 1.54) is 12.8 Å². The van der Waals surface area contributed by atoms with Crippen molar-refractivity contribution in [2.75, 3.05) is 18.0 Å². The molecule has 24 heavy (non-hydrogen) atoms. The first kappa shape index (κ1) is 16.7. The maximum absolute atomic E-state index is 12.2. The summed E-state index contributed by atoms with van der Waals surface area (Å²) in [6.07, 6.45) is 2.34. The summed E-state index contributed by atoms with van der Waals surface area (Å²) >= 11 is 5.85. The molecule has 0 spiro atoms. The Bertz CT molecular complexity index is 679. The lowest BCUT2D eigenvalue weighted by Crippen LogP contribution is -2.33. The van der Waals surface area contributed by atoms with E-state index in [0.717, 1.165) is 30.4 Å². The molecule has 0 saturated carbocycles. The Morgan fingerprint density at radius 3 is 2.50 bits per heavy atom. The maximum atomic E-state index is 12.2. The number of carbonyl (C=O) groups excluding carboxylic acids is 1. The summed E-state index contributed by atoms with van der Waals surface area (Å²) < 4.78 is 0. The smallest absolute Gasteiger partial charge is 0.272 e. The zero-order valence-corrected chi connectivity index (χ0v) is 14.5. The molecule has 1 aliphatic rings. The van der Waals surface area contributed by atoms with Crippen LogP contribution >= 0.6 is 11.6 Å². The second-order valence-electron chi connectivity index (χ2n) is 6.26. The van der Waals surface area contributed by atoms with Gasteiger partial charge in [-0.1, -0.05) is 30.7 Å². The standard InChI is InChI=1S/C18H21ClN4O/c1-13-8-10-23(11-9-13)17-7-6-16(21-22-17)18(24)20-12-14-2-4-15(19)5-3-14/h2-7,13H,8-12H2,1H3,(H,20,24). The van der Waals surface area contributed by atoms with Gasteiger partial charge in [-0.25, -0.2) is 0 Å². The van der Waals surface area contributed by atoms with Gasteiger partial charge in [-0.05, 0) is 48.6 Å². The third-order valence-electron chi connectivity index (χ3n) is 4.36. The lowest BCUT2D eigenvalue weighted by Gasteiger charge is -2.30. The number of benzene rings is 1. The SMILES string of the molecule is CC1CCN(c2ccc(C(=O)NCc3ccc(Cl)cc3)nn2)CC1. The molecule has 126 valence electrons. The summed E-state index contributed by atoms with van der Waals surface area (Å²) in [5.74, 6) is 1.39. The average Bonchev–Trinajstić information content (AvgIpc) is 2.62. The minimum Gasteiger partial charge on any atom is -0.355 e. The zero-order valence-electron chi connectivity index (χ0n) is 13.7. The van der Waals surface area contributed by atoms with Crippen LogP contribution in [0.25, 0.3) is 0 Å². The number of rotatable bonds is 4. The van der Waals surface area contributed by atoms with Crippen LogP contribution in [0.15, 0.2) is 36.4 Å². The molecule has 0 unspecified atom stereocenters. The van der Waals surface area contributed by atoms with Crippen LogP contribution in [0.3, 0.4) is 0 Å². The molecular weight excluding hydrogens is 324 g/mol. The van der Waals surface area contributed by atoms with Crippen LogP contribution in [0.1, 0.15) is 35.8 Å². The predicted octanol–water partition coefficient (Wildman–Crippen LogP) is 3.30. The molecule has 0 atom stereocenters. The van der Waals surface area contributed by atoms with E-state index in [9.17, 15) is 4.79 Å². The molecular formula is C18H21ClN4O. The van der Waals surface area contributed by atoms with E-state index < -0.39 is 0 Å². The first-order valence-electron chi connectivity index (χ1n) is 8.23. The van der Waals surface area contributed by atoms with Gasteiger partial charge in [0.1, 0.15) is 0 Å². The van der Waals surface area contributed by atoms with Crippen molar-refractivity contribution < 1.29 is 4.79 Å². The number of halogens is 1.